The van der Waals surface area contributed by atoms with Crippen LogP contribution in [0, 0.1) is 0 Å². The van der Waals surface area contributed by atoms with Crippen molar-refractivity contribution in [1.82, 2.24) is 0 Å². The molecule has 1 saturated heterocycles. The molecule has 19 heavy (non-hydrogen) atoms. The molecule has 4 nitrogen and oxygen atoms in total. The molecule has 1 heterocycles. The number of halogens is 2. The van der Waals surface area contributed by atoms with Crippen LogP contribution < -0.4 is 5.32 Å². The van der Waals surface area contributed by atoms with Crippen molar-refractivity contribution >= 4 is 52.5 Å². The first-order valence-corrected chi connectivity index (χ1v) is 7.44. The number of thioether (sulfide) groups is 1. The summed E-state index contributed by atoms with van der Waals surface area (Å²) in [6, 6.07) is 2.54. The molecule has 1 aromatic rings. The van der Waals surface area contributed by atoms with Gasteiger partial charge in [0.05, 0.1) is 26.5 Å². The van der Waals surface area contributed by atoms with Crippen molar-refractivity contribution in [2.75, 3.05) is 11.1 Å². The maximum atomic E-state index is 12.0. The Morgan fingerprint density at radius 3 is 2.42 bits per heavy atom. The predicted octanol–water partition coefficient (Wildman–Crippen LogP) is 3.53. The average molecular weight is 320 g/mol. The van der Waals surface area contributed by atoms with E-state index >= 15 is 0 Å². The minimum atomic E-state index is -1.12. The summed E-state index contributed by atoms with van der Waals surface area (Å²) in [5, 5.41) is 11.7. The number of carbonyl (C=O) groups is 2. The van der Waals surface area contributed by atoms with E-state index in [2.05, 4.69) is 5.32 Å². The number of nitrogens with one attached hydrogen (secondary N) is 1. The van der Waals surface area contributed by atoms with Crippen LogP contribution in [0.3, 0.4) is 0 Å². The van der Waals surface area contributed by atoms with Crippen molar-refractivity contribution in [3.8, 4) is 0 Å². The Kier molecular flexibility index (Phi) is 4.60. The molecule has 0 aromatic heterocycles. The van der Waals surface area contributed by atoms with Gasteiger partial charge in [-0.05, 0) is 30.7 Å². The van der Waals surface area contributed by atoms with Crippen LogP contribution in [0.15, 0.2) is 12.1 Å². The molecule has 1 unspecified atom stereocenters. The zero-order valence-corrected chi connectivity index (χ0v) is 12.1. The first-order chi connectivity index (χ1) is 8.99. The second-order valence-electron chi connectivity index (χ2n) is 4.11. The van der Waals surface area contributed by atoms with Gasteiger partial charge in [0.1, 0.15) is 0 Å². The summed E-state index contributed by atoms with van der Waals surface area (Å²) in [6.45, 7) is 0. The maximum Gasteiger partial charge on any atom is 0.335 e. The number of rotatable bonds is 3. The molecule has 2 rings (SSSR count). The number of carbonyl (C=O) groups excluding carboxylic acids is 1. The van der Waals surface area contributed by atoms with Crippen molar-refractivity contribution in [3.05, 3.63) is 27.7 Å². The molecule has 1 fully saturated rings. The lowest BCUT2D eigenvalue weighted by molar-refractivity contribution is -0.115. The van der Waals surface area contributed by atoms with Gasteiger partial charge >= 0.3 is 5.97 Å². The molecule has 0 radical (unpaired) electrons. The molecule has 2 N–H and O–H groups in total. The average Bonchev–Trinajstić information content (AvgIpc) is 2.86. The largest absolute Gasteiger partial charge is 0.478 e. The topological polar surface area (TPSA) is 66.4 Å². The van der Waals surface area contributed by atoms with Gasteiger partial charge in [0.25, 0.3) is 0 Å². The Hall–Kier alpha value is -0.910. The zero-order chi connectivity index (χ0) is 14.0. The van der Waals surface area contributed by atoms with Crippen LogP contribution in [0.1, 0.15) is 23.2 Å². The molecule has 0 saturated carbocycles. The number of benzene rings is 1. The van der Waals surface area contributed by atoms with Crippen LogP contribution in [-0.2, 0) is 4.79 Å². The van der Waals surface area contributed by atoms with Crippen LogP contribution in [0.5, 0.6) is 0 Å². The van der Waals surface area contributed by atoms with Crippen molar-refractivity contribution in [2.24, 2.45) is 0 Å². The van der Waals surface area contributed by atoms with E-state index in [9.17, 15) is 9.59 Å². The lowest BCUT2D eigenvalue weighted by Gasteiger charge is -2.13. The second kappa shape index (κ2) is 6.03. The standard InChI is InChI=1S/C12H11Cl2NO3S/c13-7-4-6(12(17)18)5-8(14)10(7)15-11(16)9-2-1-3-19-9/h4-5,9H,1-3H2,(H,15,16)(H,17,18). The summed E-state index contributed by atoms with van der Waals surface area (Å²) in [7, 11) is 0. The Morgan fingerprint density at radius 2 is 1.95 bits per heavy atom. The molecular weight excluding hydrogens is 309 g/mol. The highest BCUT2D eigenvalue weighted by Gasteiger charge is 2.25. The van der Waals surface area contributed by atoms with Crippen molar-refractivity contribution < 1.29 is 14.7 Å². The number of anilines is 1. The van der Waals surface area contributed by atoms with E-state index in [1.807, 2.05) is 0 Å². The molecular formula is C12H11Cl2NO3S. The highest BCUT2D eigenvalue weighted by molar-refractivity contribution is 8.00. The van der Waals surface area contributed by atoms with Gasteiger partial charge < -0.3 is 10.4 Å². The lowest BCUT2D eigenvalue weighted by Crippen LogP contribution is -2.23. The Labute approximate surface area is 124 Å². The number of aromatic carboxylic acids is 1. The summed E-state index contributed by atoms with van der Waals surface area (Å²) in [6.07, 6.45) is 1.85. The van der Waals surface area contributed by atoms with Gasteiger partial charge in [-0.1, -0.05) is 23.2 Å². The van der Waals surface area contributed by atoms with E-state index in [0.717, 1.165) is 18.6 Å². The highest BCUT2D eigenvalue weighted by Crippen LogP contribution is 2.34. The summed E-state index contributed by atoms with van der Waals surface area (Å²) >= 11 is 13.5. The Balaban J connectivity index is 2.20. The van der Waals surface area contributed by atoms with Crippen LogP contribution in [0.2, 0.25) is 10.0 Å². The molecule has 0 aliphatic carbocycles. The number of amides is 1. The van der Waals surface area contributed by atoms with E-state index < -0.39 is 5.97 Å². The first-order valence-electron chi connectivity index (χ1n) is 5.64. The van der Waals surface area contributed by atoms with E-state index in [1.165, 1.54) is 12.1 Å². The van der Waals surface area contributed by atoms with Gasteiger partial charge in [0.15, 0.2) is 0 Å². The number of carboxylic acid groups (broad SMARTS) is 1. The smallest absolute Gasteiger partial charge is 0.335 e. The first kappa shape index (κ1) is 14.5. The van der Waals surface area contributed by atoms with Crippen LogP contribution >= 0.6 is 35.0 Å². The highest BCUT2D eigenvalue weighted by atomic mass is 35.5. The van der Waals surface area contributed by atoms with Gasteiger partial charge in [0, 0.05) is 0 Å². The van der Waals surface area contributed by atoms with E-state index in [0.29, 0.717) is 0 Å². The molecule has 1 aliphatic rings. The fourth-order valence-electron chi connectivity index (χ4n) is 1.80. The zero-order valence-electron chi connectivity index (χ0n) is 9.78. The van der Waals surface area contributed by atoms with E-state index in [4.69, 9.17) is 28.3 Å². The van der Waals surface area contributed by atoms with Crippen molar-refractivity contribution in [3.63, 3.8) is 0 Å². The predicted molar refractivity (Wildman–Crippen MR) is 77.5 cm³/mol. The van der Waals surface area contributed by atoms with Gasteiger partial charge in [0.2, 0.25) is 5.91 Å². The molecule has 0 bridgehead atoms. The quantitative estimate of drug-likeness (QED) is 0.894. The van der Waals surface area contributed by atoms with Crippen molar-refractivity contribution in [2.45, 2.75) is 18.1 Å². The van der Waals surface area contributed by atoms with Gasteiger partial charge in [-0.25, -0.2) is 4.79 Å². The number of carboxylic acids is 1. The van der Waals surface area contributed by atoms with Crippen LogP contribution in [0.25, 0.3) is 0 Å². The monoisotopic (exact) mass is 319 g/mol. The Bertz CT molecular complexity index is 507. The van der Waals surface area contributed by atoms with Crippen molar-refractivity contribution in [1.29, 1.82) is 0 Å². The summed E-state index contributed by atoms with van der Waals surface area (Å²) in [5.74, 6) is -0.292. The van der Waals surface area contributed by atoms with Gasteiger partial charge in [-0.15, -0.1) is 11.8 Å². The molecule has 0 spiro atoms. The fraction of sp³-hybridized carbons (Fsp3) is 0.333. The van der Waals surface area contributed by atoms with Crippen LogP contribution in [-0.4, -0.2) is 28.0 Å². The van der Waals surface area contributed by atoms with Crippen LogP contribution in [0.4, 0.5) is 5.69 Å². The third kappa shape index (κ3) is 3.35. The van der Waals surface area contributed by atoms with E-state index in [1.54, 1.807) is 11.8 Å². The normalized spacial score (nSPS) is 18.3. The third-order valence-corrected chi connectivity index (χ3v) is 4.73. The van der Waals surface area contributed by atoms with Gasteiger partial charge in [-0.3, -0.25) is 4.79 Å². The minimum absolute atomic E-state index is 0.0109. The summed E-state index contributed by atoms with van der Waals surface area (Å²) < 4.78 is 0. The lowest BCUT2D eigenvalue weighted by atomic mass is 10.2. The van der Waals surface area contributed by atoms with Gasteiger partial charge in [-0.2, -0.15) is 0 Å². The summed E-state index contributed by atoms with van der Waals surface area (Å²) in [4.78, 5) is 22.8. The fourth-order valence-corrected chi connectivity index (χ4v) is 3.55. The number of hydrogen-bond donors (Lipinski definition) is 2. The summed E-state index contributed by atoms with van der Waals surface area (Å²) in [5.41, 5.74) is 0.258. The Morgan fingerprint density at radius 1 is 1.32 bits per heavy atom. The maximum absolute atomic E-state index is 12.0. The molecule has 1 aromatic carbocycles. The SMILES string of the molecule is O=C(O)c1cc(Cl)c(NC(=O)C2CCCS2)c(Cl)c1. The second-order valence-corrected chi connectivity index (χ2v) is 6.24. The molecule has 1 atom stereocenters. The molecule has 7 heteroatoms. The molecule has 1 amide bonds. The van der Waals surface area contributed by atoms with E-state index in [-0.39, 0.29) is 32.5 Å². The molecule has 102 valence electrons. The third-order valence-electron chi connectivity index (χ3n) is 2.76. The minimum Gasteiger partial charge on any atom is -0.478 e. The number of hydrogen-bond acceptors (Lipinski definition) is 3. The molecule has 1 aliphatic heterocycles.